The van der Waals surface area contributed by atoms with E-state index in [0.29, 0.717) is 18.9 Å². The van der Waals surface area contributed by atoms with Gasteiger partial charge < -0.3 is 15.6 Å². The minimum absolute atomic E-state index is 0.123. The van der Waals surface area contributed by atoms with Gasteiger partial charge in [-0.2, -0.15) is 0 Å². The molecule has 2 heterocycles. The van der Waals surface area contributed by atoms with Crippen LogP contribution in [-0.2, 0) is 11.3 Å². The number of hydrogen-bond acceptors (Lipinski definition) is 3. The van der Waals surface area contributed by atoms with Gasteiger partial charge in [0.2, 0.25) is 11.9 Å². The van der Waals surface area contributed by atoms with E-state index >= 15 is 0 Å². The second kappa shape index (κ2) is 4.42. The van der Waals surface area contributed by atoms with Gasteiger partial charge in [0.25, 0.3) is 0 Å². The molecule has 1 amide bonds. The lowest BCUT2D eigenvalue weighted by atomic mass is 10.2. The Labute approximate surface area is 118 Å². The van der Waals surface area contributed by atoms with E-state index in [1.54, 1.807) is 0 Å². The third-order valence-corrected chi connectivity index (χ3v) is 3.90. The zero-order chi connectivity index (χ0) is 12.7. The molecule has 0 aliphatic carbocycles. The molecular formula is C12H13IN4O. The van der Waals surface area contributed by atoms with Gasteiger partial charge in [0.1, 0.15) is 0 Å². The first-order chi connectivity index (χ1) is 8.63. The summed E-state index contributed by atoms with van der Waals surface area (Å²) < 4.78 is 3.11. The van der Waals surface area contributed by atoms with Crippen LogP contribution in [0.25, 0.3) is 11.0 Å². The molecule has 2 aromatic rings. The Morgan fingerprint density at radius 3 is 3.11 bits per heavy atom. The van der Waals surface area contributed by atoms with Crippen molar-refractivity contribution in [2.24, 2.45) is 0 Å². The van der Waals surface area contributed by atoms with Gasteiger partial charge in [-0.05, 0) is 47.2 Å². The highest BCUT2D eigenvalue weighted by atomic mass is 127. The summed E-state index contributed by atoms with van der Waals surface area (Å²) in [4.78, 5) is 15.6. The highest BCUT2D eigenvalue weighted by Gasteiger charge is 2.22. The van der Waals surface area contributed by atoms with Gasteiger partial charge in [-0.3, -0.25) is 4.79 Å². The number of carbonyl (C=O) groups is 1. The number of nitrogens with two attached hydrogens (primary N) is 1. The van der Waals surface area contributed by atoms with Crippen molar-refractivity contribution >= 4 is 45.5 Å². The molecule has 3 N–H and O–H groups in total. The summed E-state index contributed by atoms with van der Waals surface area (Å²) in [7, 11) is 0. The highest BCUT2D eigenvalue weighted by Crippen LogP contribution is 2.22. The molecule has 1 aliphatic heterocycles. The fourth-order valence-corrected chi connectivity index (χ4v) is 2.82. The van der Waals surface area contributed by atoms with Crippen LogP contribution in [0.4, 0.5) is 5.95 Å². The van der Waals surface area contributed by atoms with Crippen LogP contribution in [0.5, 0.6) is 0 Å². The lowest BCUT2D eigenvalue weighted by Gasteiger charge is -2.12. The zero-order valence-corrected chi connectivity index (χ0v) is 11.8. The topological polar surface area (TPSA) is 72.9 Å². The number of hydrogen-bond donors (Lipinski definition) is 2. The molecule has 5 nitrogen and oxygen atoms in total. The maximum atomic E-state index is 11.2. The van der Waals surface area contributed by atoms with Gasteiger partial charge in [-0.25, -0.2) is 4.98 Å². The fourth-order valence-electron chi connectivity index (χ4n) is 2.35. The molecule has 1 unspecified atom stereocenters. The molecule has 1 aromatic carbocycles. The Morgan fingerprint density at radius 2 is 2.39 bits per heavy atom. The Hall–Kier alpha value is -1.31. The number of fused-ring (bicyclic) bond motifs is 1. The number of nitrogens with zero attached hydrogens (tertiary/aromatic N) is 2. The monoisotopic (exact) mass is 356 g/mol. The Kier molecular flexibility index (Phi) is 2.89. The number of halogens is 1. The molecule has 1 fully saturated rings. The number of aromatic nitrogens is 2. The van der Waals surface area contributed by atoms with E-state index in [1.165, 1.54) is 0 Å². The predicted molar refractivity (Wildman–Crippen MR) is 78.0 cm³/mol. The van der Waals surface area contributed by atoms with Crippen LogP contribution in [0.3, 0.4) is 0 Å². The van der Waals surface area contributed by atoms with Crippen LogP contribution in [0, 0.1) is 3.57 Å². The molecule has 1 aliphatic rings. The second-order valence-electron chi connectivity index (χ2n) is 4.52. The Morgan fingerprint density at radius 1 is 1.56 bits per heavy atom. The van der Waals surface area contributed by atoms with E-state index in [-0.39, 0.29) is 11.9 Å². The van der Waals surface area contributed by atoms with Crippen molar-refractivity contribution in [1.82, 2.24) is 14.9 Å². The molecule has 1 saturated heterocycles. The summed E-state index contributed by atoms with van der Waals surface area (Å²) in [5.74, 6) is 0.630. The lowest BCUT2D eigenvalue weighted by molar-refractivity contribution is -0.119. The quantitative estimate of drug-likeness (QED) is 0.802. The number of nitrogen functional groups attached to an aromatic ring is 1. The minimum atomic E-state index is 0.123. The first kappa shape index (κ1) is 11.8. The molecule has 0 radical (unpaired) electrons. The molecule has 3 rings (SSSR count). The van der Waals surface area contributed by atoms with E-state index in [9.17, 15) is 4.79 Å². The highest BCUT2D eigenvalue weighted by molar-refractivity contribution is 14.1. The number of carbonyl (C=O) groups excluding carboxylic acids is 1. The summed E-state index contributed by atoms with van der Waals surface area (Å²) in [6, 6.07) is 6.23. The van der Waals surface area contributed by atoms with Crippen molar-refractivity contribution in [3.05, 3.63) is 21.8 Å². The van der Waals surface area contributed by atoms with Crippen molar-refractivity contribution in [3.63, 3.8) is 0 Å². The number of imidazole rings is 1. The molecule has 0 spiro atoms. The molecule has 0 bridgehead atoms. The number of nitrogens with one attached hydrogen (secondary N) is 1. The number of amides is 1. The van der Waals surface area contributed by atoms with E-state index < -0.39 is 0 Å². The molecule has 18 heavy (non-hydrogen) atoms. The summed E-state index contributed by atoms with van der Waals surface area (Å²) in [6.45, 7) is 0.689. The minimum Gasteiger partial charge on any atom is -0.369 e. The third kappa shape index (κ3) is 2.05. The normalized spacial score (nSPS) is 19.4. The van der Waals surface area contributed by atoms with Gasteiger partial charge in [-0.15, -0.1) is 0 Å². The summed E-state index contributed by atoms with van der Waals surface area (Å²) >= 11 is 2.25. The van der Waals surface area contributed by atoms with Crippen LogP contribution in [-0.4, -0.2) is 21.5 Å². The Balaban J connectivity index is 1.96. The Bertz CT molecular complexity index is 622. The van der Waals surface area contributed by atoms with Gasteiger partial charge in [0, 0.05) is 22.6 Å². The van der Waals surface area contributed by atoms with Gasteiger partial charge in [0.15, 0.2) is 0 Å². The average molecular weight is 356 g/mol. The SMILES string of the molecule is Nc1nc2cc(I)ccc2n1CC1CCC(=O)N1. The molecule has 1 atom stereocenters. The molecule has 6 heteroatoms. The maximum absolute atomic E-state index is 11.2. The van der Waals surface area contributed by atoms with E-state index in [0.717, 1.165) is 21.0 Å². The van der Waals surface area contributed by atoms with E-state index in [4.69, 9.17) is 5.73 Å². The number of benzene rings is 1. The number of rotatable bonds is 2. The maximum Gasteiger partial charge on any atom is 0.220 e. The summed E-state index contributed by atoms with van der Waals surface area (Å²) in [5.41, 5.74) is 7.88. The molecule has 1 aromatic heterocycles. The third-order valence-electron chi connectivity index (χ3n) is 3.23. The van der Waals surface area contributed by atoms with Crippen LogP contribution in [0.1, 0.15) is 12.8 Å². The number of anilines is 1. The van der Waals surface area contributed by atoms with Gasteiger partial charge in [-0.1, -0.05) is 0 Å². The van der Waals surface area contributed by atoms with Crippen LogP contribution in [0.15, 0.2) is 18.2 Å². The second-order valence-corrected chi connectivity index (χ2v) is 5.76. The van der Waals surface area contributed by atoms with Crippen molar-refractivity contribution < 1.29 is 4.79 Å². The molecular weight excluding hydrogens is 343 g/mol. The summed E-state index contributed by atoms with van der Waals surface area (Å²) in [6.07, 6.45) is 1.47. The van der Waals surface area contributed by atoms with Crippen LogP contribution < -0.4 is 11.1 Å². The van der Waals surface area contributed by atoms with E-state index in [1.807, 2.05) is 22.8 Å². The molecule has 0 saturated carbocycles. The standard InChI is InChI=1S/C12H13IN4O/c13-7-1-3-10-9(5-7)16-12(14)17(10)6-8-2-4-11(18)15-8/h1,3,5,8H,2,4,6H2,(H2,14,16)(H,15,18). The first-order valence-electron chi connectivity index (χ1n) is 5.84. The van der Waals surface area contributed by atoms with Crippen molar-refractivity contribution in [1.29, 1.82) is 0 Å². The van der Waals surface area contributed by atoms with Gasteiger partial charge in [0.05, 0.1) is 11.0 Å². The van der Waals surface area contributed by atoms with Gasteiger partial charge >= 0.3 is 0 Å². The average Bonchev–Trinajstić information content (AvgIpc) is 2.84. The van der Waals surface area contributed by atoms with E-state index in [2.05, 4.69) is 32.9 Å². The van der Waals surface area contributed by atoms with Crippen molar-refractivity contribution in [2.45, 2.75) is 25.4 Å². The van der Waals surface area contributed by atoms with Crippen molar-refractivity contribution in [3.8, 4) is 0 Å². The summed E-state index contributed by atoms with van der Waals surface area (Å²) in [5, 5.41) is 2.95. The smallest absolute Gasteiger partial charge is 0.220 e. The zero-order valence-electron chi connectivity index (χ0n) is 9.69. The lowest BCUT2D eigenvalue weighted by Crippen LogP contribution is -2.29. The van der Waals surface area contributed by atoms with Crippen LogP contribution in [0.2, 0.25) is 0 Å². The largest absolute Gasteiger partial charge is 0.369 e. The van der Waals surface area contributed by atoms with Crippen molar-refractivity contribution in [2.75, 3.05) is 5.73 Å². The first-order valence-corrected chi connectivity index (χ1v) is 6.92. The van der Waals surface area contributed by atoms with Crippen LogP contribution >= 0.6 is 22.6 Å². The predicted octanol–water partition coefficient (Wildman–Crippen LogP) is 1.50. The fraction of sp³-hybridized carbons (Fsp3) is 0.333. The molecule has 94 valence electrons.